The van der Waals surface area contributed by atoms with Crippen molar-refractivity contribution < 1.29 is 14.3 Å². The van der Waals surface area contributed by atoms with Gasteiger partial charge in [-0.2, -0.15) is 0 Å². The lowest BCUT2D eigenvalue weighted by molar-refractivity contribution is 0.0597. The van der Waals surface area contributed by atoms with Gasteiger partial charge in [0.1, 0.15) is 11.3 Å². The van der Waals surface area contributed by atoms with Gasteiger partial charge in [-0.1, -0.05) is 13.0 Å². The largest absolute Gasteiger partial charge is 0.496 e. The van der Waals surface area contributed by atoms with Gasteiger partial charge < -0.3 is 20.5 Å². The van der Waals surface area contributed by atoms with Crippen LogP contribution in [-0.2, 0) is 11.3 Å². The monoisotopic (exact) mass is 476 g/mol. The van der Waals surface area contributed by atoms with E-state index < -0.39 is 5.97 Å². The van der Waals surface area contributed by atoms with Crippen molar-refractivity contribution >= 4 is 35.9 Å². The molecular weight excluding hydrogens is 447 g/mol. The lowest BCUT2D eigenvalue weighted by Crippen LogP contribution is -2.42. The molecular formula is C18H29IN4O3. The highest BCUT2D eigenvalue weighted by atomic mass is 127. The molecule has 1 fully saturated rings. The molecule has 0 aliphatic carbocycles. The zero-order chi connectivity index (χ0) is 18.2. The maximum absolute atomic E-state index is 11.8. The smallest absolute Gasteiger partial charge is 0.341 e. The summed E-state index contributed by atoms with van der Waals surface area (Å²) in [7, 11) is 2.86. The first-order valence-corrected chi connectivity index (χ1v) is 8.62. The van der Waals surface area contributed by atoms with Crippen molar-refractivity contribution in [2.24, 2.45) is 10.7 Å². The second kappa shape index (κ2) is 11.2. The van der Waals surface area contributed by atoms with E-state index >= 15 is 0 Å². The minimum absolute atomic E-state index is 0. The third-order valence-corrected chi connectivity index (χ3v) is 4.53. The van der Waals surface area contributed by atoms with E-state index in [1.807, 2.05) is 6.07 Å². The van der Waals surface area contributed by atoms with Crippen molar-refractivity contribution in [2.75, 3.05) is 33.9 Å². The number of benzene rings is 1. The number of carbonyl (C=O) groups excluding carboxylic acids is 1. The van der Waals surface area contributed by atoms with Crippen LogP contribution in [0.4, 0.5) is 0 Å². The van der Waals surface area contributed by atoms with E-state index in [9.17, 15) is 4.79 Å². The highest BCUT2D eigenvalue weighted by Gasteiger charge is 2.22. The van der Waals surface area contributed by atoms with E-state index in [-0.39, 0.29) is 24.0 Å². The van der Waals surface area contributed by atoms with Gasteiger partial charge in [0.2, 0.25) is 0 Å². The molecule has 0 spiro atoms. The fourth-order valence-corrected chi connectivity index (χ4v) is 3.12. The van der Waals surface area contributed by atoms with Crippen LogP contribution >= 0.6 is 24.0 Å². The molecule has 1 aliphatic heterocycles. The Bertz CT molecular complexity index is 624. The summed E-state index contributed by atoms with van der Waals surface area (Å²) in [5.41, 5.74) is 7.22. The number of likely N-dealkylation sites (tertiary alicyclic amines) is 1. The minimum Gasteiger partial charge on any atom is -0.496 e. The number of rotatable bonds is 7. The minimum atomic E-state index is -0.435. The Morgan fingerprint density at radius 1 is 1.42 bits per heavy atom. The van der Waals surface area contributed by atoms with Gasteiger partial charge >= 0.3 is 5.97 Å². The quantitative estimate of drug-likeness (QED) is 0.271. The Morgan fingerprint density at radius 3 is 2.85 bits per heavy atom. The zero-order valence-electron chi connectivity index (χ0n) is 15.7. The highest BCUT2D eigenvalue weighted by Crippen LogP contribution is 2.21. The first-order chi connectivity index (χ1) is 12.1. The number of nitrogens with zero attached hydrogens (tertiary/aromatic N) is 2. The van der Waals surface area contributed by atoms with E-state index in [2.05, 4.69) is 22.1 Å². The lowest BCUT2D eigenvalue weighted by atomic mass is 10.1. The maximum Gasteiger partial charge on any atom is 0.341 e. The first kappa shape index (κ1) is 22.5. The van der Waals surface area contributed by atoms with Crippen molar-refractivity contribution in [3.8, 4) is 5.75 Å². The first-order valence-electron chi connectivity index (χ1n) is 8.62. The van der Waals surface area contributed by atoms with Gasteiger partial charge in [0.25, 0.3) is 0 Å². The average molecular weight is 476 g/mol. The summed E-state index contributed by atoms with van der Waals surface area (Å²) in [4.78, 5) is 18.6. The van der Waals surface area contributed by atoms with Gasteiger partial charge in [-0.05, 0) is 43.6 Å². The molecule has 1 heterocycles. The number of hydrogen-bond acceptors (Lipinski definition) is 5. The molecule has 8 heteroatoms. The Balaban J connectivity index is 0.00000338. The van der Waals surface area contributed by atoms with Crippen molar-refractivity contribution in [1.29, 1.82) is 0 Å². The number of guanidine groups is 1. The third-order valence-electron chi connectivity index (χ3n) is 4.53. The van der Waals surface area contributed by atoms with Crippen LogP contribution in [0.15, 0.2) is 23.2 Å². The molecule has 1 aromatic rings. The summed E-state index contributed by atoms with van der Waals surface area (Å²) in [6.07, 6.45) is 2.43. The van der Waals surface area contributed by atoms with Gasteiger partial charge in [-0.3, -0.25) is 4.90 Å². The second-order valence-corrected chi connectivity index (χ2v) is 6.03. The number of methoxy groups -OCH3 is 2. The number of aliphatic imine (C=N–C) groups is 1. The Morgan fingerprint density at radius 2 is 2.19 bits per heavy atom. The van der Waals surface area contributed by atoms with Crippen molar-refractivity contribution in [3.63, 3.8) is 0 Å². The van der Waals surface area contributed by atoms with Gasteiger partial charge in [0, 0.05) is 12.6 Å². The topological polar surface area (TPSA) is 89.2 Å². The summed E-state index contributed by atoms with van der Waals surface area (Å²) in [6.45, 7) is 5.58. The Hall–Kier alpha value is -1.55. The van der Waals surface area contributed by atoms with E-state index in [0.717, 1.165) is 25.2 Å². The molecule has 1 aromatic carbocycles. The summed E-state index contributed by atoms with van der Waals surface area (Å²) in [5, 5.41) is 3.20. The SMILES string of the molecule is CCN1CCCC1CNC(N)=NCc1ccc(OC)c(C(=O)OC)c1.I. The van der Waals surface area contributed by atoms with Crippen LogP contribution in [0.2, 0.25) is 0 Å². The van der Waals surface area contributed by atoms with E-state index in [1.165, 1.54) is 27.1 Å². The number of hydrogen-bond donors (Lipinski definition) is 2. The predicted molar refractivity (Wildman–Crippen MR) is 113 cm³/mol. The van der Waals surface area contributed by atoms with Crippen LogP contribution in [0, 0.1) is 0 Å². The van der Waals surface area contributed by atoms with Crippen LogP contribution in [0.3, 0.4) is 0 Å². The van der Waals surface area contributed by atoms with Gasteiger partial charge in [0.05, 0.1) is 20.8 Å². The number of nitrogens with one attached hydrogen (secondary N) is 1. The standard InChI is InChI=1S/C18H28N4O3.HI/c1-4-22-9-5-6-14(22)12-21-18(19)20-11-13-7-8-16(24-2)15(10-13)17(23)25-3;/h7-8,10,14H,4-6,9,11-12H2,1-3H3,(H3,19,20,21);1H. The molecule has 0 radical (unpaired) electrons. The number of carbonyl (C=O) groups is 1. The number of nitrogens with two attached hydrogens (primary N) is 1. The van der Waals surface area contributed by atoms with Gasteiger partial charge in [-0.25, -0.2) is 9.79 Å². The average Bonchev–Trinajstić information content (AvgIpc) is 3.11. The lowest BCUT2D eigenvalue weighted by Gasteiger charge is -2.23. The van der Waals surface area contributed by atoms with Gasteiger partial charge in [-0.15, -0.1) is 24.0 Å². The fraction of sp³-hybridized carbons (Fsp3) is 0.556. The molecule has 0 amide bonds. The Kier molecular flexibility index (Phi) is 9.71. The van der Waals surface area contributed by atoms with Crippen LogP contribution in [0.25, 0.3) is 0 Å². The molecule has 3 N–H and O–H groups in total. The Labute approximate surface area is 172 Å². The summed E-state index contributed by atoms with van der Waals surface area (Å²) in [5.74, 6) is 0.458. The van der Waals surface area contributed by atoms with Crippen LogP contribution in [0.1, 0.15) is 35.7 Å². The molecule has 7 nitrogen and oxygen atoms in total. The summed E-state index contributed by atoms with van der Waals surface area (Å²) in [6, 6.07) is 5.83. The van der Waals surface area contributed by atoms with E-state index in [4.69, 9.17) is 15.2 Å². The normalized spacial score (nSPS) is 17.5. The molecule has 1 atom stereocenters. The van der Waals surface area contributed by atoms with Crippen molar-refractivity contribution in [2.45, 2.75) is 32.4 Å². The molecule has 2 rings (SSSR count). The maximum atomic E-state index is 11.8. The van der Waals surface area contributed by atoms with Crippen molar-refractivity contribution in [1.82, 2.24) is 10.2 Å². The van der Waals surface area contributed by atoms with E-state index in [1.54, 1.807) is 12.1 Å². The van der Waals surface area contributed by atoms with E-state index in [0.29, 0.717) is 29.9 Å². The predicted octanol–water partition coefficient (Wildman–Crippen LogP) is 1.99. The number of halogens is 1. The number of likely N-dealkylation sites (N-methyl/N-ethyl adjacent to an activating group) is 1. The van der Waals surface area contributed by atoms with Gasteiger partial charge in [0.15, 0.2) is 5.96 Å². The van der Waals surface area contributed by atoms with Crippen LogP contribution < -0.4 is 15.8 Å². The number of esters is 1. The molecule has 0 aromatic heterocycles. The fourth-order valence-electron chi connectivity index (χ4n) is 3.12. The van der Waals surface area contributed by atoms with Crippen molar-refractivity contribution in [3.05, 3.63) is 29.3 Å². The van der Waals surface area contributed by atoms with Crippen LogP contribution in [-0.4, -0.2) is 56.7 Å². The molecule has 0 bridgehead atoms. The molecule has 0 saturated carbocycles. The zero-order valence-corrected chi connectivity index (χ0v) is 18.0. The summed E-state index contributed by atoms with van der Waals surface area (Å²) >= 11 is 0. The summed E-state index contributed by atoms with van der Waals surface area (Å²) < 4.78 is 9.97. The number of ether oxygens (including phenoxy) is 2. The second-order valence-electron chi connectivity index (χ2n) is 6.03. The molecule has 1 saturated heterocycles. The van der Waals surface area contributed by atoms with Crippen LogP contribution in [0.5, 0.6) is 5.75 Å². The molecule has 1 unspecified atom stereocenters. The molecule has 1 aliphatic rings. The molecule has 26 heavy (non-hydrogen) atoms. The highest BCUT2D eigenvalue weighted by molar-refractivity contribution is 14.0. The third kappa shape index (κ3) is 6.01. The molecule has 146 valence electrons.